The summed E-state index contributed by atoms with van der Waals surface area (Å²) in [5, 5.41) is 21.2. The van der Waals surface area contributed by atoms with Crippen LogP contribution in [-0.2, 0) is 0 Å². The lowest BCUT2D eigenvalue weighted by Gasteiger charge is -2.68. The zero-order valence-corrected chi connectivity index (χ0v) is 13.9. The fourth-order valence-electron chi connectivity index (χ4n) is 7.41. The summed E-state index contributed by atoms with van der Waals surface area (Å²) >= 11 is 0. The summed E-state index contributed by atoms with van der Waals surface area (Å²) in [5.74, 6) is 0.353. The van der Waals surface area contributed by atoms with E-state index in [0.717, 1.165) is 25.7 Å². The van der Waals surface area contributed by atoms with Crippen molar-refractivity contribution < 1.29 is 10.2 Å². The van der Waals surface area contributed by atoms with Crippen LogP contribution < -0.4 is 0 Å². The molecule has 2 heteroatoms. The van der Waals surface area contributed by atoms with Crippen molar-refractivity contribution in [3.05, 3.63) is 0 Å². The van der Waals surface area contributed by atoms with Crippen LogP contribution in [0.25, 0.3) is 0 Å². The fraction of sp³-hybridized carbons (Fsp3) is 1.00. The van der Waals surface area contributed by atoms with E-state index in [-0.39, 0.29) is 33.9 Å². The molecule has 2 bridgehead atoms. The van der Waals surface area contributed by atoms with Crippen molar-refractivity contribution in [2.75, 3.05) is 0 Å². The second-order valence-corrected chi connectivity index (χ2v) is 10.2. The average molecular weight is 280 g/mol. The third-order valence-electron chi connectivity index (χ3n) is 6.51. The Labute approximate surface area is 124 Å². The number of fused-ring (bicyclic) bond motifs is 2. The average Bonchev–Trinajstić information content (AvgIpc) is 2.04. The molecule has 0 saturated heterocycles. The van der Waals surface area contributed by atoms with Crippen LogP contribution in [0.5, 0.6) is 0 Å². The highest BCUT2D eigenvalue weighted by Crippen LogP contribution is 2.70. The van der Waals surface area contributed by atoms with E-state index in [4.69, 9.17) is 0 Å². The first kappa shape index (κ1) is 14.8. The summed E-state index contributed by atoms with van der Waals surface area (Å²) in [5.41, 5.74) is 0.791. The normalized spacial score (nSPS) is 53.2. The molecular formula is C18H32O2. The summed E-state index contributed by atoms with van der Waals surface area (Å²) < 4.78 is 0. The second kappa shape index (κ2) is 4.01. The van der Waals surface area contributed by atoms with Crippen molar-refractivity contribution in [3.63, 3.8) is 0 Å². The standard InChI is InChI=1S/C18H32O2/c1-15(2)6-12(19)7-18(9-15)11-17(5)8-13(20)14(18)16(3,4)10-17/h12-14,19-20H,6-11H2,1-5H3/t12-,13-,14+,17-,18+/m1/s1. The molecule has 4 saturated carbocycles. The predicted molar refractivity (Wildman–Crippen MR) is 81.3 cm³/mol. The van der Waals surface area contributed by atoms with Crippen molar-refractivity contribution in [1.82, 2.24) is 0 Å². The lowest BCUT2D eigenvalue weighted by atomic mass is 9.38. The number of aliphatic hydroxyl groups is 2. The molecule has 2 N–H and O–H groups in total. The smallest absolute Gasteiger partial charge is 0.0584 e. The van der Waals surface area contributed by atoms with Gasteiger partial charge in [-0.05, 0) is 66.1 Å². The molecule has 0 aliphatic heterocycles. The summed E-state index contributed by atoms with van der Waals surface area (Å²) in [6.07, 6.45) is 5.98. The molecule has 5 atom stereocenters. The van der Waals surface area contributed by atoms with Crippen LogP contribution in [0.4, 0.5) is 0 Å². The van der Waals surface area contributed by atoms with Gasteiger partial charge in [0.05, 0.1) is 12.2 Å². The van der Waals surface area contributed by atoms with Crippen molar-refractivity contribution in [3.8, 4) is 0 Å². The SMILES string of the molecule is CC1(C)C[C@@H](O)C[C@]2(C1)C[C@]1(C)C[C@@H](O)[C@H]2C(C)(C)C1. The van der Waals surface area contributed by atoms with Gasteiger partial charge in [0, 0.05) is 0 Å². The fourth-order valence-corrected chi connectivity index (χ4v) is 7.41. The number of rotatable bonds is 0. The first-order valence-electron chi connectivity index (χ1n) is 8.33. The maximum absolute atomic E-state index is 10.8. The van der Waals surface area contributed by atoms with E-state index in [1.54, 1.807) is 0 Å². The maximum Gasteiger partial charge on any atom is 0.0584 e. The molecule has 4 rings (SSSR count). The number of hydrogen-bond acceptors (Lipinski definition) is 2. The molecule has 4 fully saturated rings. The van der Waals surface area contributed by atoms with E-state index in [1.807, 2.05) is 0 Å². The van der Waals surface area contributed by atoms with E-state index in [2.05, 4.69) is 34.6 Å². The van der Waals surface area contributed by atoms with Gasteiger partial charge in [-0.25, -0.2) is 0 Å². The van der Waals surface area contributed by atoms with Crippen LogP contribution in [0.2, 0.25) is 0 Å². The van der Waals surface area contributed by atoms with Gasteiger partial charge in [-0.3, -0.25) is 0 Å². The Kier molecular flexibility index (Phi) is 2.98. The molecule has 0 aromatic heterocycles. The number of aliphatic hydroxyl groups excluding tert-OH is 2. The molecule has 20 heavy (non-hydrogen) atoms. The Morgan fingerprint density at radius 3 is 1.95 bits per heavy atom. The highest BCUT2D eigenvalue weighted by atomic mass is 16.3. The van der Waals surface area contributed by atoms with Gasteiger partial charge in [0.1, 0.15) is 0 Å². The molecule has 2 nitrogen and oxygen atoms in total. The number of hydrogen-bond donors (Lipinski definition) is 2. The molecule has 0 aromatic rings. The minimum absolute atomic E-state index is 0.148. The van der Waals surface area contributed by atoms with E-state index < -0.39 is 0 Å². The molecule has 116 valence electrons. The van der Waals surface area contributed by atoms with Gasteiger partial charge < -0.3 is 10.2 Å². The van der Waals surface area contributed by atoms with Gasteiger partial charge in [-0.2, -0.15) is 0 Å². The Morgan fingerprint density at radius 2 is 1.45 bits per heavy atom. The van der Waals surface area contributed by atoms with Gasteiger partial charge >= 0.3 is 0 Å². The topological polar surface area (TPSA) is 40.5 Å². The largest absolute Gasteiger partial charge is 0.393 e. The van der Waals surface area contributed by atoms with Crippen molar-refractivity contribution in [2.24, 2.45) is 27.6 Å². The molecule has 0 amide bonds. The summed E-state index contributed by atoms with van der Waals surface area (Å²) in [4.78, 5) is 0. The summed E-state index contributed by atoms with van der Waals surface area (Å²) in [6.45, 7) is 11.6. The first-order chi connectivity index (χ1) is 8.97. The van der Waals surface area contributed by atoms with E-state index >= 15 is 0 Å². The van der Waals surface area contributed by atoms with Gasteiger partial charge in [-0.1, -0.05) is 34.6 Å². The lowest BCUT2D eigenvalue weighted by molar-refractivity contribution is -0.225. The quantitative estimate of drug-likeness (QED) is 0.709. The van der Waals surface area contributed by atoms with Crippen molar-refractivity contribution in [2.45, 2.75) is 85.4 Å². The zero-order chi connectivity index (χ0) is 15.0. The predicted octanol–water partition coefficient (Wildman–Crippen LogP) is 3.75. The monoisotopic (exact) mass is 280 g/mol. The minimum atomic E-state index is -0.190. The highest BCUT2D eigenvalue weighted by molar-refractivity contribution is 5.14. The third-order valence-corrected chi connectivity index (χ3v) is 6.51. The van der Waals surface area contributed by atoms with Crippen LogP contribution in [0.15, 0.2) is 0 Å². The minimum Gasteiger partial charge on any atom is -0.393 e. The van der Waals surface area contributed by atoms with Crippen molar-refractivity contribution in [1.29, 1.82) is 0 Å². The van der Waals surface area contributed by atoms with E-state index in [1.165, 1.54) is 12.8 Å². The molecule has 0 unspecified atom stereocenters. The molecule has 0 radical (unpaired) electrons. The first-order valence-corrected chi connectivity index (χ1v) is 8.33. The summed E-state index contributed by atoms with van der Waals surface area (Å²) in [7, 11) is 0. The Morgan fingerprint density at radius 1 is 0.800 bits per heavy atom. The van der Waals surface area contributed by atoms with Gasteiger partial charge in [0.15, 0.2) is 0 Å². The Bertz CT molecular complexity index is 407. The molecule has 0 heterocycles. The van der Waals surface area contributed by atoms with E-state index in [0.29, 0.717) is 5.92 Å². The molecule has 4 aliphatic rings. The summed E-state index contributed by atoms with van der Waals surface area (Å²) in [6, 6.07) is 0. The van der Waals surface area contributed by atoms with Crippen LogP contribution in [0.1, 0.15) is 73.1 Å². The Hall–Kier alpha value is -0.0800. The maximum atomic E-state index is 10.8. The van der Waals surface area contributed by atoms with Gasteiger partial charge in [0.25, 0.3) is 0 Å². The highest BCUT2D eigenvalue weighted by Gasteiger charge is 2.64. The van der Waals surface area contributed by atoms with Gasteiger partial charge in [0.2, 0.25) is 0 Å². The van der Waals surface area contributed by atoms with Crippen LogP contribution in [0.3, 0.4) is 0 Å². The molecule has 1 spiro atoms. The van der Waals surface area contributed by atoms with Crippen LogP contribution in [0, 0.1) is 27.6 Å². The van der Waals surface area contributed by atoms with Crippen LogP contribution in [-0.4, -0.2) is 22.4 Å². The zero-order valence-electron chi connectivity index (χ0n) is 13.9. The van der Waals surface area contributed by atoms with E-state index in [9.17, 15) is 10.2 Å². The van der Waals surface area contributed by atoms with Crippen molar-refractivity contribution >= 4 is 0 Å². The van der Waals surface area contributed by atoms with Crippen LogP contribution >= 0.6 is 0 Å². The molecular weight excluding hydrogens is 248 g/mol. The second-order valence-electron chi connectivity index (χ2n) is 10.2. The molecule has 0 aromatic carbocycles. The third kappa shape index (κ3) is 2.14. The Balaban J connectivity index is 2.04. The molecule has 4 aliphatic carbocycles. The van der Waals surface area contributed by atoms with Gasteiger partial charge in [-0.15, -0.1) is 0 Å². The lowest BCUT2D eigenvalue weighted by Crippen LogP contribution is -2.63.